The van der Waals surface area contributed by atoms with Crippen LogP contribution in [0.2, 0.25) is 0 Å². The van der Waals surface area contributed by atoms with Crippen molar-refractivity contribution in [3.63, 3.8) is 0 Å². The number of nitrogens with zero attached hydrogens (tertiary/aromatic N) is 1. The first kappa shape index (κ1) is 23.6. The lowest BCUT2D eigenvalue weighted by molar-refractivity contribution is -0.116. The number of nitrogens with one attached hydrogen (secondary N) is 2. The van der Waals surface area contributed by atoms with Crippen molar-refractivity contribution in [1.29, 1.82) is 0 Å². The Labute approximate surface area is 178 Å². The molecule has 2 rings (SSSR count). The van der Waals surface area contributed by atoms with Gasteiger partial charge in [0.05, 0.1) is 4.90 Å². The number of hydrogen-bond donors (Lipinski definition) is 2. The first-order valence-corrected chi connectivity index (χ1v) is 11.1. The largest absolute Gasteiger partial charge is 0.352 e. The number of benzene rings is 2. The van der Waals surface area contributed by atoms with E-state index < -0.39 is 10.0 Å². The van der Waals surface area contributed by atoms with E-state index in [9.17, 15) is 18.0 Å². The Kier molecular flexibility index (Phi) is 7.39. The van der Waals surface area contributed by atoms with Crippen LogP contribution in [0.15, 0.2) is 53.4 Å². The zero-order valence-electron chi connectivity index (χ0n) is 18.0. The van der Waals surface area contributed by atoms with Gasteiger partial charge in [-0.15, -0.1) is 0 Å². The lowest BCUT2D eigenvalue weighted by Crippen LogP contribution is -2.27. The van der Waals surface area contributed by atoms with E-state index in [1.165, 1.54) is 26.2 Å². The summed E-state index contributed by atoms with van der Waals surface area (Å²) in [5.41, 5.74) is 2.06. The van der Waals surface area contributed by atoms with Crippen molar-refractivity contribution < 1.29 is 18.0 Å². The second-order valence-electron chi connectivity index (χ2n) is 8.20. The van der Waals surface area contributed by atoms with Crippen molar-refractivity contribution in [3.8, 4) is 0 Å². The van der Waals surface area contributed by atoms with E-state index >= 15 is 0 Å². The van der Waals surface area contributed by atoms with Crippen LogP contribution in [0.4, 0.5) is 5.69 Å². The van der Waals surface area contributed by atoms with Gasteiger partial charge in [-0.2, -0.15) is 0 Å². The van der Waals surface area contributed by atoms with Crippen LogP contribution in [-0.2, 0) is 20.2 Å². The van der Waals surface area contributed by atoms with Gasteiger partial charge in [0.25, 0.3) is 5.91 Å². The van der Waals surface area contributed by atoms with Crippen molar-refractivity contribution in [1.82, 2.24) is 9.62 Å². The molecule has 2 aromatic rings. The normalized spacial score (nSPS) is 11.9. The van der Waals surface area contributed by atoms with Gasteiger partial charge in [-0.1, -0.05) is 39.0 Å². The summed E-state index contributed by atoms with van der Waals surface area (Å²) < 4.78 is 25.5. The number of carbonyl (C=O) groups excluding carboxylic acids is 2. The Morgan fingerprint density at radius 3 is 2.20 bits per heavy atom. The van der Waals surface area contributed by atoms with Crippen LogP contribution >= 0.6 is 0 Å². The minimum Gasteiger partial charge on any atom is -0.352 e. The summed E-state index contributed by atoms with van der Waals surface area (Å²) in [7, 11) is -0.693. The van der Waals surface area contributed by atoms with Gasteiger partial charge in [0.2, 0.25) is 15.9 Å². The number of carbonyl (C=O) groups is 2. The molecule has 0 fully saturated rings. The second kappa shape index (κ2) is 9.40. The minimum atomic E-state index is -3.58. The third-order valence-electron chi connectivity index (χ3n) is 4.55. The van der Waals surface area contributed by atoms with E-state index in [1.54, 1.807) is 24.3 Å². The molecule has 0 aromatic heterocycles. The molecule has 0 heterocycles. The molecule has 0 aliphatic carbocycles. The molecule has 8 heteroatoms. The molecule has 0 aliphatic heterocycles. The molecular weight excluding hydrogens is 402 g/mol. The van der Waals surface area contributed by atoms with Crippen LogP contribution in [0.3, 0.4) is 0 Å². The Hall–Kier alpha value is -2.71. The van der Waals surface area contributed by atoms with Crippen LogP contribution in [-0.4, -0.2) is 45.2 Å². The summed E-state index contributed by atoms with van der Waals surface area (Å²) in [6.07, 6.45) is 0.0659. The van der Waals surface area contributed by atoms with Gasteiger partial charge in [0.15, 0.2) is 0 Å². The minimum absolute atomic E-state index is 0.0102. The fourth-order valence-corrected chi connectivity index (χ4v) is 3.63. The van der Waals surface area contributed by atoms with Gasteiger partial charge < -0.3 is 10.6 Å². The standard InChI is InChI=1S/C22H29N3O4S/c1-22(2,3)17-11-9-16(10-12-17)21(27)23-14-13-20(26)24-18-7-6-8-19(15-18)30(28,29)25(4)5/h6-12,15H,13-14H2,1-5H3,(H,23,27)(H,24,26). The lowest BCUT2D eigenvalue weighted by atomic mass is 9.87. The van der Waals surface area contributed by atoms with Gasteiger partial charge in [0, 0.05) is 38.3 Å². The average Bonchev–Trinajstić information content (AvgIpc) is 2.67. The second-order valence-corrected chi connectivity index (χ2v) is 10.3. The van der Waals surface area contributed by atoms with E-state index in [4.69, 9.17) is 0 Å². The Morgan fingerprint density at radius 2 is 1.63 bits per heavy atom. The van der Waals surface area contributed by atoms with E-state index in [0.29, 0.717) is 11.3 Å². The van der Waals surface area contributed by atoms with Crippen LogP contribution in [0, 0.1) is 0 Å². The molecular formula is C22H29N3O4S. The maximum Gasteiger partial charge on any atom is 0.251 e. The van der Waals surface area contributed by atoms with Gasteiger partial charge in [0.1, 0.15) is 0 Å². The number of anilines is 1. The zero-order valence-corrected chi connectivity index (χ0v) is 18.8. The summed E-state index contributed by atoms with van der Waals surface area (Å²) in [5, 5.41) is 5.38. The molecule has 0 saturated heterocycles. The summed E-state index contributed by atoms with van der Waals surface area (Å²) in [4.78, 5) is 24.5. The van der Waals surface area contributed by atoms with Crippen molar-refractivity contribution in [2.24, 2.45) is 0 Å². The highest BCUT2D eigenvalue weighted by Crippen LogP contribution is 2.22. The van der Waals surface area contributed by atoms with Crippen LogP contribution in [0.5, 0.6) is 0 Å². The first-order valence-electron chi connectivity index (χ1n) is 9.62. The van der Waals surface area contributed by atoms with Gasteiger partial charge in [-0.3, -0.25) is 9.59 Å². The predicted molar refractivity (Wildman–Crippen MR) is 118 cm³/mol. The van der Waals surface area contributed by atoms with Crippen molar-refractivity contribution in [3.05, 3.63) is 59.7 Å². The molecule has 0 spiro atoms. The highest BCUT2D eigenvalue weighted by Gasteiger charge is 2.18. The number of amides is 2. The first-order chi connectivity index (χ1) is 13.9. The van der Waals surface area contributed by atoms with Crippen molar-refractivity contribution in [2.45, 2.75) is 37.5 Å². The molecule has 2 N–H and O–H groups in total. The average molecular weight is 432 g/mol. The van der Waals surface area contributed by atoms with Crippen LogP contribution < -0.4 is 10.6 Å². The van der Waals surface area contributed by atoms with Gasteiger partial charge in [-0.05, 0) is 41.3 Å². The molecule has 0 bridgehead atoms. The van der Waals surface area contributed by atoms with Crippen molar-refractivity contribution in [2.75, 3.05) is 26.0 Å². The quantitative estimate of drug-likeness (QED) is 0.704. The third-order valence-corrected chi connectivity index (χ3v) is 6.36. The topological polar surface area (TPSA) is 95.6 Å². The fourth-order valence-electron chi connectivity index (χ4n) is 2.68. The number of sulfonamides is 1. The van der Waals surface area contributed by atoms with E-state index in [2.05, 4.69) is 31.4 Å². The molecule has 7 nitrogen and oxygen atoms in total. The van der Waals surface area contributed by atoms with Gasteiger partial charge >= 0.3 is 0 Å². The number of hydrogen-bond acceptors (Lipinski definition) is 4. The predicted octanol–water partition coefficient (Wildman–Crippen LogP) is 2.99. The molecule has 0 radical (unpaired) electrons. The maximum atomic E-state index is 12.3. The molecule has 2 amide bonds. The molecule has 162 valence electrons. The summed E-state index contributed by atoms with van der Waals surface area (Å²) in [5.74, 6) is -0.569. The number of rotatable bonds is 7. The molecule has 0 unspecified atom stereocenters. The van der Waals surface area contributed by atoms with E-state index in [0.717, 1.165) is 9.87 Å². The summed E-state index contributed by atoms with van der Waals surface area (Å²) >= 11 is 0. The zero-order chi connectivity index (χ0) is 22.5. The van der Waals surface area contributed by atoms with E-state index in [1.807, 2.05) is 12.1 Å². The summed E-state index contributed by atoms with van der Waals surface area (Å²) in [6.45, 7) is 6.48. The Morgan fingerprint density at radius 1 is 1.00 bits per heavy atom. The maximum absolute atomic E-state index is 12.3. The Balaban J connectivity index is 1.89. The van der Waals surface area contributed by atoms with Crippen molar-refractivity contribution >= 4 is 27.5 Å². The monoisotopic (exact) mass is 431 g/mol. The Bertz CT molecular complexity index is 1010. The van der Waals surface area contributed by atoms with Gasteiger partial charge in [-0.25, -0.2) is 12.7 Å². The van der Waals surface area contributed by atoms with Crippen LogP contribution in [0.1, 0.15) is 43.1 Å². The third kappa shape index (κ3) is 6.14. The molecule has 2 aromatic carbocycles. The fraction of sp³-hybridized carbons (Fsp3) is 0.364. The highest BCUT2D eigenvalue weighted by atomic mass is 32.2. The smallest absolute Gasteiger partial charge is 0.251 e. The molecule has 0 saturated carbocycles. The highest BCUT2D eigenvalue weighted by molar-refractivity contribution is 7.89. The SMILES string of the molecule is CN(C)S(=O)(=O)c1cccc(NC(=O)CCNC(=O)c2ccc(C(C)(C)C)cc2)c1. The summed E-state index contributed by atoms with van der Waals surface area (Å²) in [6, 6.07) is 13.4. The lowest BCUT2D eigenvalue weighted by Gasteiger charge is -2.19. The molecule has 30 heavy (non-hydrogen) atoms. The van der Waals surface area contributed by atoms with E-state index in [-0.39, 0.29) is 35.1 Å². The molecule has 0 aliphatic rings. The molecule has 0 atom stereocenters. The van der Waals surface area contributed by atoms with Crippen LogP contribution in [0.25, 0.3) is 0 Å².